The maximum absolute atomic E-state index is 6.10. The Bertz CT molecular complexity index is 1030. The van der Waals surface area contributed by atoms with Gasteiger partial charge in [0.05, 0.1) is 17.8 Å². The maximum atomic E-state index is 6.10. The topological polar surface area (TPSA) is 33.1 Å². The molecule has 1 saturated heterocycles. The molecule has 2 aromatic heterocycles. The van der Waals surface area contributed by atoms with Gasteiger partial charge in [-0.05, 0) is 87.9 Å². The number of aryl methyl sites for hydroxylation is 1. The summed E-state index contributed by atoms with van der Waals surface area (Å²) >= 11 is 11.8. The van der Waals surface area contributed by atoms with E-state index in [4.69, 9.17) is 23.8 Å². The summed E-state index contributed by atoms with van der Waals surface area (Å²) in [5.74, 6) is 0. The first-order valence-electron chi connectivity index (χ1n) is 9.83. The first-order chi connectivity index (χ1) is 13.9. The molecule has 0 saturated carbocycles. The van der Waals surface area contributed by atoms with Crippen molar-refractivity contribution >= 4 is 28.9 Å². The van der Waals surface area contributed by atoms with E-state index in [0.29, 0.717) is 0 Å². The van der Waals surface area contributed by atoms with Crippen LogP contribution >= 0.6 is 23.8 Å². The fraction of sp³-hybridized carbons (Fsp3) is 0.304. The highest BCUT2D eigenvalue weighted by Gasteiger charge is 2.42. The third kappa shape index (κ3) is 3.53. The van der Waals surface area contributed by atoms with E-state index in [-0.39, 0.29) is 18.1 Å². The molecule has 1 fully saturated rings. The summed E-state index contributed by atoms with van der Waals surface area (Å²) in [6.07, 6.45) is 1.84. The monoisotopic (exact) mass is 424 g/mol. The van der Waals surface area contributed by atoms with Gasteiger partial charge in [-0.1, -0.05) is 17.7 Å². The Morgan fingerprint density at radius 1 is 1.10 bits per heavy atom. The number of halogens is 1. The summed E-state index contributed by atoms with van der Waals surface area (Å²) < 4.78 is 2.28. The quantitative estimate of drug-likeness (QED) is 0.558. The van der Waals surface area contributed by atoms with Gasteiger partial charge in [-0.2, -0.15) is 0 Å². The average molecular weight is 425 g/mol. The molecule has 1 aliphatic heterocycles. The van der Waals surface area contributed by atoms with Crippen molar-refractivity contribution in [2.75, 3.05) is 0 Å². The van der Waals surface area contributed by atoms with Crippen LogP contribution in [0.5, 0.6) is 0 Å². The lowest BCUT2D eigenvalue weighted by Crippen LogP contribution is -2.35. The van der Waals surface area contributed by atoms with E-state index in [1.807, 2.05) is 30.5 Å². The van der Waals surface area contributed by atoms with Gasteiger partial charge in [-0.15, -0.1) is 0 Å². The number of benzene rings is 1. The summed E-state index contributed by atoms with van der Waals surface area (Å²) in [5, 5.41) is 5.04. The van der Waals surface area contributed by atoms with Gasteiger partial charge in [0.15, 0.2) is 5.11 Å². The summed E-state index contributed by atoms with van der Waals surface area (Å²) in [7, 11) is 0. The minimum absolute atomic E-state index is 0.00488. The molecule has 0 aliphatic carbocycles. The van der Waals surface area contributed by atoms with Crippen LogP contribution in [0.25, 0.3) is 5.69 Å². The molecule has 6 heteroatoms. The van der Waals surface area contributed by atoms with Gasteiger partial charge in [-0.25, -0.2) is 0 Å². The van der Waals surface area contributed by atoms with Crippen molar-refractivity contribution in [1.29, 1.82) is 0 Å². The fourth-order valence-electron chi connectivity index (χ4n) is 4.33. The molecule has 1 aromatic carbocycles. The summed E-state index contributed by atoms with van der Waals surface area (Å²) in [4.78, 5) is 6.92. The Balaban J connectivity index is 1.85. The number of aromatic nitrogens is 2. The van der Waals surface area contributed by atoms with Crippen LogP contribution in [0.15, 0.2) is 54.7 Å². The van der Waals surface area contributed by atoms with E-state index in [0.717, 1.165) is 21.5 Å². The van der Waals surface area contributed by atoms with Crippen molar-refractivity contribution in [1.82, 2.24) is 19.8 Å². The molecule has 0 spiro atoms. The Hall–Kier alpha value is -2.37. The number of nitrogens with zero attached hydrogens (tertiary/aromatic N) is 3. The third-order valence-corrected chi connectivity index (χ3v) is 6.15. The summed E-state index contributed by atoms with van der Waals surface area (Å²) in [6, 6.07) is 16.6. The van der Waals surface area contributed by atoms with Crippen molar-refractivity contribution in [2.24, 2.45) is 0 Å². The highest BCUT2D eigenvalue weighted by Crippen LogP contribution is 2.42. The van der Waals surface area contributed by atoms with E-state index in [2.05, 4.69) is 71.7 Å². The molecule has 2 atom stereocenters. The first kappa shape index (κ1) is 19.9. The van der Waals surface area contributed by atoms with E-state index in [9.17, 15) is 0 Å². The molecule has 0 bridgehead atoms. The zero-order valence-corrected chi connectivity index (χ0v) is 18.6. The number of nitrogens with one attached hydrogen (secondary N) is 1. The molecule has 3 aromatic rings. The smallest absolute Gasteiger partial charge is 0.170 e. The van der Waals surface area contributed by atoms with Crippen LogP contribution in [0.2, 0.25) is 5.02 Å². The second-order valence-electron chi connectivity index (χ2n) is 7.77. The Labute approximate surface area is 182 Å². The van der Waals surface area contributed by atoms with Crippen molar-refractivity contribution in [3.05, 3.63) is 82.4 Å². The van der Waals surface area contributed by atoms with Gasteiger partial charge in [-0.3, -0.25) is 4.98 Å². The van der Waals surface area contributed by atoms with Crippen LogP contribution in [0.3, 0.4) is 0 Å². The van der Waals surface area contributed by atoms with Gasteiger partial charge in [0.25, 0.3) is 0 Å². The minimum atomic E-state index is 0.00488. The maximum Gasteiger partial charge on any atom is 0.170 e. The lowest BCUT2D eigenvalue weighted by atomic mass is 9.96. The largest absolute Gasteiger partial charge is 0.352 e. The SMILES string of the molecule is Cc1cc([C@@H]2[C@@H](c3ccccn3)NC(=S)N2C(C)C)c(C)n1-c1ccc(Cl)cc1. The van der Waals surface area contributed by atoms with Gasteiger partial charge >= 0.3 is 0 Å². The van der Waals surface area contributed by atoms with E-state index < -0.39 is 0 Å². The molecule has 0 unspecified atom stereocenters. The number of rotatable bonds is 4. The zero-order chi connectivity index (χ0) is 20.7. The van der Waals surface area contributed by atoms with Crippen LogP contribution in [-0.2, 0) is 0 Å². The fourth-order valence-corrected chi connectivity index (χ4v) is 4.91. The Morgan fingerprint density at radius 2 is 1.83 bits per heavy atom. The molecule has 4 rings (SSSR count). The first-order valence-corrected chi connectivity index (χ1v) is 10.6. The predicted molar refractivity (Wildman–Crippen MR) is 123 cm³/mol. The van der Waals surface area contributed by atoms with Gasteiger partial charge in [0.1, 0.15) is 0 Å². The zero-order valence-electron chi connectivity index (χ0n) is 17.1. The standard InChI is InChI=1S/C23H25ClN4S/c1-14(2)27-22(21(26-23(27)29)20-7-5-6-12-25-20)19-13-15(3)28(16(19)4)18-10-8-17(24)9-11-18/h5-14,21-22H,1-4H3,(H,26,29)/t21-,22-/m1/s1. The van der Waals surface area contributed by atoms with Crippen LogP contribution in [-0.4, -0.2) is 25.6 Å². The van der Waals surface area contributed by atoms with E-state index in [1.165, 1.54) is 17.0 Å². The highest BCUT2D eigenvalue weighted by atomic mass is 35.5. The molecule has 0 amide bonds. The molecule has 3 heterocycles. The number of thiocarbonyl (C=S) groups is 1. The number of hydrogen-bond acceptors (Lipinski definition) is 2. The molecule has 0 radical (unpaired) electrons. The lowest BCUT2D eigenvalue weighted by molar-refractivity contribution is 0.269. The molecule has 29 heavy (non-hydrogen) atoms. The molecule has 4 nitrogen and oxygen atoms in total. The normalized spacial score (nSPS) is 19.1. The second kappa shape index (κ2) is 7.81. The van der Waals surface area contributed by atoms with Gasteiger partial charge in [0, 0.05) is 34.3 Å². The number of pyridine rings is 1. The number of hydrogen-bond donors (Lipinski definition) is 1. The molecule has 1 aliphatic rings. The van der Waals surface area contributed by atoms with Crippen molar-refractivity contribution in [2.45, 2.75) is 45.8 Å². The van der Waals surface area contributed by atoms with Crippen LogP contribution in [0.1, 0.15) is 48.6 Å². The van der Waals surface area contributed by atoms with Crippen LogP contribution in [0.4, 0.5) is 0 Å². The Kier molecular flexibility index (Phi) is 5.36. The average Bonchev–Trinajstić information content (AvgIpc) is 3.19. The molecular formula is C23H25ClN4S. The van der Waals surface area contributed by atoms with Crippen molar-refractivity contribution < 1.29 is 0 Å². The minimum Gasteiger partial charge on any atom is -0.352 e. The van der Waals surface area contributed by atoms with Crippen molar-refractivity contribution in [3.63, 3.8) is 0 Å². The molecule has 150 valence electrons. The van der Waals surface area contributed by atoms with E-state index >= 15 is 0 Å². The molecule has 1 N–H and O–H groups in total. The van der Waals surface area contributed by atoms with Crippen LogP contribution < -0.4 is 5.32 Å². The van der Waals surface area contributed by atoms with E-state index in [1.54, 1.807) is 0 Å². The highest BCUT2D eigenvalue weighted by molar-refractivity contribution is 7.80. The molecular weight excluding hydrogens is 400 g/mol. The second-order valence-corrected chi connectivity index (χ2v) is 8.59. The predicted octanol–water partition coefficient (Wildman–Crippen LogP) is 5.52. The lowest BCUT2D eigenvalue weighted by Gasteiger charge is -2.31. The third-order valence-electron chi connectivity index (χ3n) is 5.57. The summed E-state index contributed by atoms with van der Waals surface area (Å²) in [6.45, 7) is 8.67. The van der Waals surface area contributed by atoms with Gasteiger partial charge < -0.3 is 14.8 Å². The van der Waals surface area contributed by atoms with Crippen LogP contribution in [0, 0.1) is 13.8 Å². The Morgan fingerprint density at radius 3 is 2.45 bits per heavy atom. The summed E-state index contributed by atoms with van der Waals surface area (Å²) in [5.41, 5.74) is 5.75. The van der Waals surface area contributed by atoms with Crippen molar-refractivity contribution in [3.8, 4) is 5.69 Å². The van der Waals surface area contributed by atoms with Gasteiger partial charge in [0.2, 0.25) is 0 Å².